The highest BCUT2D eigenvalue weighted by atomic mass is 19.1. The van der Waals surface area contributed by atoms with Gasteiger partial charge < -0.3 is 10.1 Å². The van der Waals surface area contributed by atoms with Crippen molar-refractivity contribution in [2.75, 3.05) is 6.61 Å². The summed E-state index contributed by atoms with van der Waals surface area (Å²) in [6.45, 7) is 7.31. The van der Waals surface area contributed by atoms with Crippen molar-refractivity contribution < 1.29 is 9.13 Å². The van der Waals surface area contributed by atoms with Gasteiger partial charge in [0, 0.05) is 18.7 Å². The summed E-state index contributed by atoms with van der Waals surface area (Å²) < 4.78 is 19.3. The zero-order chi connectivity index (χ0) is 14.6. The summed E-state index contributed by atoms with van der Waals surface area (Å²) in [6, 6.07) is 7.47. The number of hydrogen-bond donors (Lipinski definition) is 1. The van der Waals surface area contributed by atoms with Gasteiger partial charge in [0.25, 0.3) is 0 Å². The molecule has 1 aromatic rings. The van der Waals surface area contributed by atoms with Crippen LogP contribution in [0.5, 0.6) is 0 Å². The molecule has 1 saturated heterocycles. The Kier molecular flexibility index (Phi) is 5.17. The third-order valence-corrected chi connectivity index (χ3v) is 4.62. The van der Waals surface area contributed by atoms with Crippen molar-refractivity contribution in [3.63, 3.8) is 0 Å². The lowest BCUT2D eigenvalue weighted by Crippen LogP contribution is -2.47. The van der Waals surface area contributed by atoms with E-state index in [-0.39, 0.29) is 17.5 Å². The summed E-state index contributed by atoms with van der Waals surface area (Å²) in [5.41, 5.74) is 1.03. The second-order valence-electron chi connectivity index (χ2n) is 5.87. The molecule has 1 fully saturated rings. The monoisotopic (exact) mass is 279 g/mol. The van der Waals surface area contributed by atoms with Crippen molar-refractivity contribution in [2.45, 2.75) is 64.1 Å². The average molecular weight is 279 g/mol. The van der Waals surface area contributed by atoms with Crippen molar-refractivity contribution in [1.29, 1.82) is 0 Å². The van der Waals surface area contributed by atoms with Gasteiger partial charge in [0.1, 0.15) is 5.82 Å². The molecular weight excluding hydrogens is 253 g/mol. The number of benzene rings is 1. The molecule has 1 heterocycles. The average Bonchev–Trinajstić information content (AvgIpc) is 2.47. The van der Waals surface area contributed by atoms with Crippen LogP contribution in [0.25, 0.3) is 0 Å². The molecule has 1 aliphatic heterocycles. The SMILES string of the molecule is CCC1(CC)CC(NC(C)c2cccc(F)c2)CCO1. The lowest BCUT2D eigenvalue weighted by molar-refractivity contribution is -0.0939. The van der Waals surface area contributed by atoms with Crippen LogP contribution in [0.3, 0.4) is 0 Å². The van der Waals surface area contributed by atoms with Crippen LogP contribution >= 0.6 is 0 Å². The van der Waals surface area contributed by atoms with Gasteiger partial charge >= 0.3 is 0 Å². The van der Waals surface area contributed by atoms with E-state index in [1.165, 1.54) is 6.07 Å². The molecule has 1 aromatic carbocycles. The maximum absolute atomic E-state index is 13.3. The van der Waals surface area contributed by atoms with E-state index in [0.717, 1.165) is 37.9 Å². The van der Waals surface area contributed by atoms with Crippen LogP contribution in [0, 0.1) is 5.82 Å². The molecule has 0 amide bonds. The van der Waals surface area contributed by atoms with E-state index in [0.29, 0.717) is 6.04 Å². The Balaban J connectivity index is 1.99. The summed E-state index contributed by atoms with van der Waals surface area (Å²) in [5.74, 6) is -0.167. The zero-order valence-electron chi connectivity index (χ0n) is 12.8. The fourth-order valence-electron chi connectivity index (χ4n) is 3.14. The minimum absolute atomic E-state index is 0.0254. The molecule has 0 aromatic heterocycles. The molecule has 1 N–H and O–H groups in total. The summed E-state index contributed by atoms with van der Waals surface area (Å²) in [5, 5.41) is 3.64. The van der Waals surface area contributed by atoms with E-state index >= 15 is 0 Å². The van der Waals surface area contributed by atoms with Gasteiger partial charge in [-0.25, -0.2) is 4.39 Å². The standard InChI is InChI=1S/C17H26FNO/c1-4-17(5-2)12-16(9-10-20-17)19-13(3)14-7-6-8-15(18)11-14/h6-8,11,13,16,19H,4-5,9-10,12H2,1-3H3. The smallest absolute Gasteiger partial charge is 0.123 e. The highest BCUT2D eigenvalue weighted by molar-refractivity contribution is 5.19. The first kappa shape index (κ1) is 15.5. The van der Waals surface area contributed by atoms with Crippen molar-refractivity contribution in [3.05, 3.63) is 35.6 Å². The topological polar surface area (TPSA) is 21.3 Å². The van der Waals surface area contributed by atoms with E-state index in [1.54, 1.807) is 12.1 Å². The molecule has 112 valence electrons. The van der Waals surface area contributed by atoms with E-state index < -0.39 is 0 Å². The fourth-order valence-corrected chi connectivity index (χ4v) is 3.14. The second-order valence-corrected chi connectivity index (χ2v) is 5.87. The molecule has 2 nitrogen and oxygen atoms in total. The van der Waals surface area contributed by atoms with Crippen LogP contribution in [0.15, 0.2) is 24.3 Å². The van der Waals surface area contributed by atoms with Crippen molar-refractivity contribution in [1.82, 2.24) is 5.32 Å². The Labute approximate surface area is 121 Å². The first-order chi connectivity index (χ1) is 9.58. The van der Waals surface area contributed by atoms with Gasteiger partial charge in [-0.15, -0.1) is 0 Å². The van der Waals surface area contributed by atoms with Crippen LogP contribution in [0.1, 0.15) is 58.1 Å². The van der Waals surface area contributed by atoms with Crippen LogP contribution in [0.4, 0.5) is 4.39 Å². The molecule has 2 atom stereocenters. The zero-order valence-corrected chi connectivity index (χ0v) is 12.8. The van der Waals surface area contributed by atoms with E-state index in [2.05, 4.69) is 26.1 Å². The van der Waals surface area contributed by atoms with E-state index in [1.807, 2.05) is 6.07 Å². The maximum Gasteiger partial charge on any atom is 0.123 e. The Hall–Kier alpha value is -0.930. The van der Waals surface area contributed by atoms with Gasteiger partial charge in [-0.2, -0.15) is 0 Å². The summed E-state index contributed by atoms with van der Waals surface area (Å²) in [7, 11) is 0. The van der Waals surface area contributed by atoms with Crippen LogP contribution in [0.2, 0.25) is 0 Å². The summed E-state index contributed by atoms with van der Waals surface area (Å²) >= 11 is 0. The molecule has 20 heavy (non-hydrogen) atoms. The summed E-state index contributed by atoms with van der Waals surface area (Å²) in [4.78, 5) is 0. The third-order valence-electron chi connectivity index (χ3n) is 4.62. The molecule has 3 heteroatoms. The molecular formula is C17H26FNO. The predicted octanol–water partition coefficient (Wildman–Crippen LogP) is 4.21. The van der Waals surface area contributed by atoms with E-state index in [4.69, 9.17) is 4.74 Å². The largest absolute Gasteiger partial charge is 0.375 e. The molecule has 2 rings (SSSR count). The Morgan fingerprint density at radius 1 is 1.40 bits per heavy atom. The Bertz CT molecular complexity index is 431. The number of ether oxygens (including phenoxy) is 1. The van der Waals surface area contributed by atoms with Crippen molar-refractivity contribution >= 4 is 0 Å². The van der Waals surface area contributed by atoms with Gasteiger partial charge in [-0.1, -0.05) is 26.0 Å². The van der Waals surface area contributed by atoms with E-state index in [9.17, 15) is 4.39 Å². The first-order valence-electron chi connectivity index (χ1n) is 7.74. The van der Waals surface area contributed by atoms with Gasteiger partial charge in [0.2, 0.25) is 0 Å². The highest BCUT2D eigenvalue weighted by Crippen LogP contribution is 2.32. The van der Waals surface area contributed by atoms with Gasteiger partial charge in [0.15, 0.2) is 0 Å². The number of nitrogens with one attached hydrogen (secondary N) is 1. The highest BCUT2D eigenvalue weighted by Gasteiger charge is 2.34. The number of halogens is 1. The van der Waals surface area contributed by atoms with Crippen LogP contribution in [-0.4, -0.2) is 18.2 Å². The Morgan fingerprint density at radius 3 is 2.80 bits per heavy atom. The number of hydrogen-bond acceptors (Lipinski definition) is 2. The van der Waals surface area contributed by atoms with Gasteiger partial charge in [-0.3, -0.25) is 0 Å². The molecule has 2 unspecified atom stereocenters. The van der Waals surface area contributed by atoms with Crippen molar-refractivity contribution in [2.24, 2.45) is 0 Å². The lowest BCUT2D eigenvalue weighted by Gasteiger charge is -2.41. The Morgan fingerprint density at radius 2 is 2.15 bits per heavy atom. The van der Waals surface area contributed by atoms with Crippen molar-refractivity contribution in [3.8, 4) is 0 Å². The molecule has 0 spiro atoms. The maximum atomic E-state index is 13.3. The fraction of sp³-hybridized carbons (Fsp3) is 0.647. The van der Waals surface area contributed by atoms with Gasteiger partial charge in [0.05, 0.1) is 5.60 Å². The lowest BCUT2D eigenvalue weighted by atomic mass is 9.85. The molecule has 1 aliphatic rings. The van der Waals surface area contributed by atoms with Crippen LogP contribution < -0.4 is 5.32 Å². The minimum atomic E-state index is -0.167. The molecule has 0 saturated carbocycles. The normalized spacial score (nSPS) is 23.5. The number of rotatable bonds is 5. The first-order valence-corrected chi connectivity index (χ1v) is 7.74. The minimum Gasteiger partial charge on any atom is -0.375 e. The molecule has 0 radical (unpaired) electrons. The second kappa shape index (κ2) is 6.68. The summed E-state index contributed by atoms with van der Waals surface area (Å²) in [6.07, 6.45) is 4.17. The molecule has 0 aliphatic carbocycles. The van der Waals surface area contributed by atoms with Gasteiger partial charge in [-0.05, 0) is 50.3 Å². The predicted molar refractivity (Wildman–Crippen MR) is 80.2 cm³/mol. The third kappa shape index (κ3) is 3.58. The quantitative estimate of drug-likeness (QED) is 0.871. The molecule has 0 bridgehead atoms. The van der Waals surface area contributed by atoms with Crippen LogP contribution in [-0.2, 0) is 4.74 Å².